The van der Waals surface area contributed by atoms with Crippen LogP contribution in [0.15, 0.2) is 71.6 Å². The molecule has 4 N–H and O–H groups in total. The highest BCUT2D eigenvalue weighted by Crippen LogP contribution is 2.22. The molecule has 2 atom stereocenters. The van der Waals surface area contributed by atoms with Crippen LogP contribution in [0.5, 0.6) is 0 Å². The third kappa shape index (κ3) is 5.55. The van der Waals surface area contributed by atoms with Crippen molar-refractivity contribution in [3.8, 4) is 0 Å². The van der Waals surface area contributed by atoms with Crippen LogP contribution in [0.4, 0.5) is 0 Å². The van der Waals surface area contributed by atoms with Crippen molar-refractivity contribution < 1.29 is 23.1 Å². The maximum absolute atomic E-state index is 13.6. The fourth-order valence-corrected chi connectivity index (χ4v) is 5.74. The summed E-state index contributed by atoms with van der Waals surface area (Å²) in [6.45, 7) is 0.194. The van der Waals surface area contributed by atoms with Gasteiger partial charge in [0.2, 0.25) is 15.9 Å². The lowest BCUT2D eigenvalue weighted by Gasteiger charge is -2.38. The summed E-state index contributed by atoms with van der Waals surface area (Å²) in [5.74, 6) is -2.16. The van der Waals surface area contributed by atoms with E-state index in [0.717, 1.165) is 10.8 Å². The maximum atomic E-state index is 13.6. The van der Waals surface area contributed by atoms with Gasteiger partial charge in [-0.15, -0.1) is 0 Å². The number of carboxylic acids is 1. The first-order valence-corrected chi connectivity index (χ1v) is 13.1. The number of nitrogens with two attached hydrogens (primary N) is 1. The summed E-state index contributed by atoms with van der Waals surface area (Å²) in [4.78, 5) is 26.5. The molecule has 0 radical (unpaired) electrons. The standard InChI is InChI=1S/C26H28N4O5S/c27-24(28)20-9-5-6-17(14-20)15-22(25(31)30-13-4-3-10-23(30)26(32)33)29-36(34,35)21-12-11-18-7-1-2-8-19(18)16-21/h1-2,5-9,11-12,14,16,22-23,29H,3-4,10,13,15H2,(H3,27,28)(H,32,33)/p-1. The molecule has 1 fully saturated rings. The molecule has 1 aliphatic rings. The summed E-state index contributed by atoms with van der Waals surface area (Å²) in [5, 5.41) is 21.0. The van der Waals surface area contributed by atoms with Crippen LogP contribution in [0.25, 0.3) is 10.8 Å². The lowest BCUT2D eigenvalue weighted by molar-refractivity contribution is -0.312. The fraction of sp³-hybridized carbons (Fsp3) is 0.269. The lowest BCUT2D eigenvalue weighted by Crippen LogP contribution is -2.58. The molecule has 1 heterocycles. The van der Waals surface area contributed by atoms with E-state index < -0.39 is 34.0 Å². The van der Waals surface area contributed by atoms with Gasteiger partial charge < -0.3 is 20.5 Å². The van der Waals surface area contributed by atoms with Crippen LogP contribution in [0.2, 0.25) is 0 Å². The number of likely N-dealkylation sites (tertiary alicyclic amines) is 1. The zero-order valence-corrected chi connectivity index (χ0v) is 20.3. The second kappa shape index (κ2) is 10.5. The van der Waals surface area contributed by atoms with Crippen LogP contribution in [0.3, 0.4) is 0 Å². The Balaban J connectivity index is 1.69. The molecule has 1 amide bonds. The molecule has 1 saturated heterocycles. The summed E-state index contributed by atoms with van der Waals surface area (Å²) >= 11 is 0. The topological polar surface area (TPSA) is 156 Å². The fourth-order valence-electron chi connectivity index (χ4n) is 4.51. The molecule has 0 aromatic heterocycles. The number of carbonyl (C=O) groups excluding carboxylic acids is 2. The van der Waals surface area contributed by atoms with Gasteiger partial charge in [0.1, 0.15) is 11.9 Å². The molecule has 188 valence electrons. The number of aliphatic carboxylic acids is 1. The Morgan fingerprint density at radius 3 is 2.53 bits per heavy atom. The van der Waals surface area contributed by atoms with E-state index >= 15 is 0 Å². The minimum atomic E-state index is -4.15. The average molecular weight is 508 g/mol. The van der Waals surface area contributed by atoms with E-state index in [1.54, 1.807) is 42.5 Å². The van der Waals surface area contributed by atoms with E-state index in [1.807, 2.05) is 12.1 Å². The van der Waals surface area contributed by atoms with Crippen molar-refractivity contribution in [3.05, 3.63) is 77.9 Å². The third-order valence-electron chi connectivity index (χ3n) is 6.36. The van der Waals surface area contributed by atoms with Crippen molar-refractivity contribution in [3.63, 3.8) is 0 Å². The maximum Gasteiger partial charge on any atom is 0.241 e. The molecule has 1 aliphatic heterocycles. The number of hydrogen-bond donors (Lipinski definition) is 3. The lowest BCUT2D eigenvalue weighted by atomic mass is 9.98. The molecule has 0 bridgehead atoms. The first-order chi connectivity index (χ1) is 17.2. The summed E-state index contributed by atoms with van der Waals surface area (Å²) in [5.41, 5.74) is 6.59. The normalized spacial score (nSPS) is 17.0. The van der Waals surface area contributed by atoms with Gasteiger partial charge in [-0.3, -0.25) is 10.2 Å². The number of carbonyl (C=O) groups is 2. The number of hydrogen-bond acceptors (Lipinski definition) is 6. The van der Waals surface area contributed by atoms with Gasteiger partial charge in [0.15, 0.2) is 0 Å². The van der Waals surface area contributed by atoms with Crippen molar-refractivity contribution in [1.29, 1.82) is 5.41 Å². The number of benzene rings is 3. The van der Waals surface area contributed by atoms with E-state index in [1.165, 1.54) is 17.0 Å². The highest BCUT2D eigenvalue weighted by Gasteiger charge is 2.35. The zero-order valence-electron chi connectivity index (χ0n) is 19.5. The van der Waals surface area contributed by atoms with Crippen LogP contribution in [-0.4, -0.2) is 49.7 Å². The van der Waals surface area contributed by atoms with Crippen molar-refractivity contribution in [2.45, 2.75) is 42.7 Å². The van der Waals surface area contributed by atoms with Gasteiger partial charge in [-0.1, -0.05) is 48.5 Å². The Morgan fingerprint density at radius 2 is 1.81 bits per heavy atom. The molecule has 3 aromatic rings. The van der Waals surface area contributed by atoms with E-state index in [-0.39, 0.29) is 30.1 Å². The van der Waals surface area contributed by atoms with Gasteiger partial charge >= 0.3 is 0 Å². The second-order valence-electron chi connectivity index (χ2n) is 8.86. The van der Waals surface area contributed by atoms with E-state index in [0.29, 0.717) is 24.0 Å². The van der Waals surface area contributed by atoms with E-state index in [9.17, 15) is 23.1 Å². The monoisotopic (exact) mass is 507 g/mol. The van der Waals surface area contributed by atoms with Crippen LogP contribution < -0.4 is 15.6 Å². The van der Waals surface area contributed by atoms with Crippen molar-refractivity contribution in [1.82, 2.24) is 9.62 Å². The predicted molar refractivity (Wildman–Crippen MR) is 134 cm³/mol. The highest BCUT2D eigenvalue weighted by molar-refractivity contribution is 7.89. The molecular formula is C26H27N4O5S-. The molecule has 0 spiro atoms. The molecule has 9 nitrogen and oxygen atoms in total. The molecule has 0 aliphatic carbocycles. The van der Waals surface area contributed by atoms with Crippen LogP contribution in [-0.2, 0) is 26.0 Å². The zero-order chi connectivity index (χ0) is 25.9. The smallest absolute Gasteiger partial charge is 0.241 e. The number of fused-ring (bicyclic) bond motifs is 1. The SMILES string of the molecule is N=C(N)c1cccc(CC(NS(=O)(=O)c2ccc3ccccc3c2)C(=O)N2CCCCC2C(=O)[O-])c1. The van der Waals surface area contributed by atoms with E-state index in [4.69, 9.17) is 11.1 Å². The minimum absolute atomic E-state index is 0.00779. The Bertz CT molecular complexity index is 1420. The number of nitrogens with one attached hydrogen (secondary N) is 2. The first-order valence-electron chi connectivity index (χ1n) is 11.6. The summed E-state index contributed by atoms with van der Waals surface area (Å²) in [6.07, 6.45) is 1.44. The number of amidine groups is 1. The number of piperidine rings is 1. The Morgan fingerprint density at radius 1 is 1.06 bits per heavy atom. The van der Waals surface area contributed by atoms with Gasteiger partial charge in [0, 0.05) is 12.1 Å². The summed E-state index contributed by atoms with van der Waals surface area (Å²) in [6, 6.07) is 16.2. The van der Waals surface area contributed by atoms with Crippen molar-refractivity contribution in [2.75, 3.05) is 6.54 Å². The Hall–Kier alpha value is -3.76. The Labute approximate surface area is 209 Å². The minimum Gasteiger partial charge on any atom is -0.548 e. The molecule has 0 saturated carbocycles. The number of rotatable bonds is 8. The number of nitrogen functional groups attached to an aromatic ring is 1. The largest absolute Gasteiger partial charge is 0.548 e. The summed E-state index contributed by atoms with van der Waals surface area (Å²) < 4.78 is 29.3. The molecule has 2 unspecified atom stereocenters. The quantitative estimate of drug-likeness (QED) is 0.307. The number of carboxylic acid groups (broad SMARTS) is 1. The Kier molecular flexibility index (Phi) is 7.37. The molecule has 10 heteroatoms. The highest BCUT2D eigenvalue weighted by atomic mass is 32.2. The third-order valence-corrected chi connectivity index (χ3v) is 7.83. The van der Waals surface area contributed by atoms with E-state index in [2.05, 4.69) is 4.72 Å². The molecule has 3 aromatic carbocycles. The number of amides is 1. The number of sulfonamides is 1. The second-order valence-corrected chi connectivity index (χ2v) is 10.6. The van der Waals surface area contributed by atoms with Crippen molar-refractivity contribution in [2.24, 2.45) is 5.73 Å². The molecule has 4 rings (SSSR count). The van der Waals surface area contributed by atoms with Gasteiger partial charge in [-0.25, -0.2) is 8.42 Å². The van der Waals surface area contributed by atoms with Gasteiger partial charge in [0.05, 0.1) is 16.9 Å². The summed E-state index contributed by atoms with van der Waals surface area (Å²) in [7, 11) is -4.15. The average Bonchev–Trinajstić information content (AvgIpc) is 2.87. The van der Waals surface area contributed by atoms with Gasteiger partial charge in [-0.2, -0.15) is 4.72 Å². The van der Waals surface area contributed by atoms with Gasteiger partial charge in [0.25, 0.3) is 0 Å². The molecular weight excluding hydrogens is 480 g/mol. The van der Waals surface area contributed by atoms with Crippen LogP contribution in [0.1, 0.15) is 30.4 Å². The van der Waals surface area contributed by atoms with Gasteiger partial charge in [-0.05, 0) is 60.2 Å². The number of nitrogens with zero attached hydrogens (tertiary/aromatic N) is 1. The first kappa shape index (κ1) is 25.3. The molecule has 36 heavy (non-hydrogen) atoms. The van der Waals surface area contributed by atoms with Crippen LogP contribution in [0, 0.1) is 5.41 Å². The predicted octanol–water partition coefficient (Wildman–Crippen LogP) is 1.14. The van der Waals surface area contributed by atoms with Crippen molar-refractivity contribution >= 4 is 38.5 Å². The van der Waals surface area contributed by atoms with Crippen LogP contribution >= 0.6 is 0 Å².